The number of nitrogens with two attached hydrogens (primary N) is 2. The zero-order valence-electron chi connectivity index (χ0n) is 19.5. The van der Waals surface area contributed by atoms with Crippen LogP contribution in [0.2, 0.25) is 0 Å². The average molecular weight is 501 g/mol. The first kappa shape index (κ1) is 23.6. The van der Waals surface area contributed by atoms with Gasteiger partial charge in [-0.15, -0.1) is 0 Å². The second-order valence-corrected chi connectivity index (χ2v) is 9.01. The normalized spacial score (nSPS) is 12.7. The zero-order valence-corrected chi connectivity index (χ0v) is 20.3. The van der Waals surface area contributed by atoms with Gasteiger partial charge in [0.15, 0.2) is 5.69 Å². The molecule has 36 heavy (non-hydrogen) atoms. The third-order valence-corrected chi connectivity index (χ3v) is 6.54. The highest BCUT2D eigenvalue weighted by Gasteiger charge is 2.27. The lowest BCUT2D eigenvalue weighted by atomic mass is 10.0. The number of aryl methyl sites for hydroxylation is 1. The van der Waals surface area contributed by atoms with Gasteiger partial charge in [0.05, 0.1) is 30.0 Å². The lowest BCUT2D eigenvalue weighted by Gasteiger charge is -2.29. The summed E-state index contributed by atoms with van der Waals surface area (Å²) in [6, 6.07) is 22.5. The summed E-state index contributed by atoms with van der Waals surface area (Å²) in [6.07, 6.45) is 0. The van der Waals surface area contributed by atoms with Crippen LogP contribution >= 0.6 is 12.0 Å². The third kappa shape index (κ3) is 4.44. The van der Waals surface area contributed by atoms with E-state index in [0.29, 0.717) is 35.8 Å². The van der Waals surface area contributed by atoms with Gasteiger partial charge in [0, 0.05) is 16.2 Å². The summed E-state index contributed by atoms with van der Waals surface area (Å²) >= 11 is 1.08. The van der Waals surface area contributed by atoms with E-state index in [1.165, 1.54) is 0 Å². The first-order valence-corrected chi connectivity index (χ1v) is 11.9. The summed E-state index contributed by atoms with van der Waals surface area (Å²) in [7, 11) is 0. The zero-order chi connectivity index (χ0) is 25.2. The van der Waals surface area contributed by atoms with Gasteiger partial charge in [-0.25, -0.2) is 14.9 Å². The quantitative estimate of drug-likeness (QED) is 0.157. The van der Waals surface area contributed by atoms with Crippen molar-refractivity contribution in [1.29, 1.82) is 5.41 Å². The molecule has 0 spiro atoms. The molecule has 2 heterocycles. The van der Waals surface area contributed by atoms with E-state index in [9.17, 15) is 4.79 Å². The minimum atomic E-state index is -0.218. The van der Waals surface area contributed by atoms with Crippen LogP contribution in [0.25, 0.3) is 16.8 Å². The largest absolute Gasteiger partial charge is 0.490 e. The molecule has 3 aromatic carbocycles. The van der Waals surface area contributed by atoms with Gasteiger partial charge < -0.3 is 15.4 Å². The van der Waals surface area contributed by atoms with Gasteiger partial charge in [-0.2, -0.15) is 5.10 Å². The number of fused-ring (bicyclic) bond motifs is 1. The summed E-state index contributed by atoms with van der Waals surface area (Å²) in [4.78, 5) is 16.1. The maximum Gasteiger partial charge on any atom is 0.279 e. The van der Waals surface area contributed by atoms with Crippen molar-refractivity contribution in [2.24, 2.45) is 11.6 Å². The Labute approximate surface area is 212 Å². The van der Waals surface area contributed by atoms with Crippen molar-refractivity contribution in [1.82, 2.24) is 9.78 Å². The van der Waals surface area contributed by atoms with E-state index >= 15 is 0 Å². The Kier molecular flexibility index (Phi) is 6.47. The molecule has 0 fully saturated rings. The Morgan fingerprint density at radius 1 is 1.11 bits per heavy atom. The van der Waals surface area contributed by atoms with Crippen molar-refractivity contribution < 1.29 is 13.8 Å². The van der Waals surface area contributed by atoms with Crippen molar-refractivity contribution in [2.75, 3.05) is 18.1 Å². The van der Waals surface area contributed by atoms with Crippen LogP contribution in [0.1, 0.15) is 21.7 Å². The number of hydrogen-bond acceptors (Lipinski definition) is 7. The molecule has 9 nitrogen and oxygen atoms in total. The summed E-state index contributed by atoms with van der Waals surface area (Å²) in [5.74, 6) is 5.64. The highest BCUT2D eigenvalue weighted by atomic mass is 32.2. The monoisotopic (exact) mass is 500 g/mol. The van der Waals surface area contributed by atoms with Gasteiger partial charge in [0.25, 0.3) is 5.91 Å². The van der Waals surface area contributed by atoms with Crippen LogP contribution in [-0.2, 0) is 4.28 Å². The number of carbonyl (C=O) groups excluding carboxylic acids is 1. The number of ether oxygens (including phenoxy) is 1. The van der Waals surface area contributed by atoms with Gasteiger partial charge in [0.2, 0.25) is 0 Å². The molecular weight excluding hydrogens is 476 g/mol. The number of nitrogen functional groups attached to an aromatic ring is 1. The van der Waals surface area contributed by atoms with Crippen molar-refractivity contribution >= 4 is 29.5 Å². The Morgan fingerprint density at radius 3 is 2.75 bits per heavy atom. The standard InChI is InChI=1S/C26H24N6O3S/c1-16-13-21(30-32(16)19-6-4-5-18(14-19)25(27)28)26(33)31-11-12-34-23-15-17(9-10-22(23)31)20-7-2-3-8-24(20)36-35-29/h2-10,13-15H,11-12,29H2,1H3,(H3,27,28). The van der Waals surface area contributed by atoms with E-state index in [-0.39, 0.29) is 11.7 Å². The minimum Gasteiger partial charge on any atom is -0.490 e. The van der Waals surface area contributed by atoms with E-state index in [1.807, 2.05) is 55.5 Å². The van der Waals surface area contributed by atoms with Crippen molar-refractivity contribution in [3.05, 3.63) is 89.7 Å². The SMILES string of the molecule is Cc1cc(C(=O)N2CCOc3cc(-c4ccccc4SON)ccc32)nn1-c1cccc(C(=N)N)c1. The van der Waals surface area contributed by atoms with Crippen LogP contribution in [0.15, 0.2) is 77.7 Å². The molecule has 4 aromatic rings. The number of rotatable bonds is 6. The molecular formula is C26H24N6O3S. The fourth-order valence-electron chi connectivity index (χ4n) is 4.21. The van der Waals surface area contributed by atoms with Crippen LogP contribution in [0, 0.1) is 12.3 Å². The van der Waals surface area contributed by atoms with Crippen LogP contribution in [0.4, 0.5) is 5.69 Å². The number of nitrogens with zero attached hydrogens (tertiary/aromatic N) is 3. The summed E-state index contributed by atoms with van der Waals surface area (Å²) in [5.41, 5.74) is 10.6. The molecule has 1 amide bonds. The molecule has 182 valence electrons. The molecule has 5 N–H and O–H groups in total. The molecule has 0 saturated carbocycles. The highest BCUT2D eigenvalue weighted by Crippen LogP contribution is 2.39. The predicted molar refractivity (Wildman–Crippen MR) is 139 cm³/mol. The molecule has 0 bridgehead atoms. The Morgan fingerprint density at radius 2 is 1.94 bits per heavy atom. The van der Waals surface area contributed by atoms with E-state index in [1.54, 1.807) is 33.8 Å². The fourth-order valence-corrected chi connectivity index (χ4v) is 4.73. The molecule has 1 aliphatic heterocycles. The lowest BCUT2D eigenvalue weighted by molar-refractivity contribution is 0.0971. The number of aromatic nitrogens is 2. The van der Waals surface area contributed by atoms with E-state index in [2.05, 4.69) is 5.10 Å². The molecule has 1 aliphatic rings. The van der Waals surface area contributed by atoms with Crippen LogP contribution in [-0.4, -0.2) is 34.7 Å². The van der Waals surface area contributed by atoms with E-state index in [4.69, 9.17) is 26.1 Å². The van der Waals surface area contributed by atoms with Gasteiger partial charge in [0.1, 0.15) is 18.2 Å². The maximum absolute atomic E-state index is 13.5. The number of amidine groups is 1. The van der Waals surface area contributed by atoms with Crippen molar-refractivity contribution in [2.45, 2.75) is 11.8 Å². The number of benzene rings is 3. The maximum atomic E-state index is 13.5. The van der Waals surface area contributed by atoms with Gasteiger partial charge in [-0.1, -0.05) is 36.4 Å². The number of hydrogen-bond donors (Lipinski definition) is 3. The number of nitrogens with one attached hydrogen (secondary N) is 1. The fraction of sp³-hybridized carbons (Fsp3) is 0.115. The molecule has 0 unspecified atom stereocenters. The second kappa shape index (κ2) is 9.86. The Balaban J connectivity index is 1.46. The predicted octanol–water partition coefficient (Wildman–Crippen LogP) is 4.07. The first-order valence-electron chi connectivity index (χ1n) is 11.2. The number of carbonyl (C=O) groups is 1. The van der Waals surface area contributed by atoms with Crippen LogP contribution < -0.4 is 21.3 Å². The average Bonchev–Trinajstić information content (AvgIpc) is 3.29. The van der Waals surface area contributed by atoms with Crippen LogP contribution in [0.5, 0.6) is 5.75 Å². The lowest BCUT2D eigenvalue weighted by Crippen LogP contribution is -2.38. The summed E-state index contributed by atoms with van der Waals surface area (Å²) in [5, 5.41) is 12.3. The molecule has 0 saturated heterocycles. The topological polar surface area (TPSA) is 132 Å². The second-order valence-electron chi connectivity index (χ2n) is 8.21. The molecule has 5 rings (SSSR count). The molecule has 1 aromatic heterocycles. The molecule has 0 radical (unpaired) electrons. The van der Waals surface area contributed by atoms with Crippen LogP contribution in [0.3, 0.4) is 0 Å². The minimum absolute atomic E-state index is 0.0287. The van der Waals surface area contributed by atoms with E-state index in [0.717, 1.165) is 39.4 Å². The molecule has 0 atom stereocenters. The van der Waals surface area contributed by atoms with Gasteiger partial charge >= 0.3 is 0 Å². The number of amides is 1. The smallest absolute Gasteiger partial charge is 0.279 e. The Bertz CT molecular complexity index is 1470. The molecule has 0 aliphatic carbocycles. The highest BCUT2D eigenvalue weighted by molar-refractivity contribution is 7.94. The summed E-state index contributed by atoms with van der Waals surface area (Å²) in [6.45, 7) is 2.65. The van der Waals surface area contributed by atoms with Crippen molar-refractivity contribution in [3.63, 3.8) is 0 Å². The van der Waals surface area contributed by atoms with Gasteiger partial charge in [-0.05, 0) is 54.4 Å². The van der Waals surface area contributed by atoms with Crippen molar-refractivity contribution in [3.8, 4) is 22.6 Å². The Hall–Kier alpha value is -4.12. The number of anilines is 1. The third-order valence-electron chi connectivity index (χ3n) is 5.91. The first-order chi connectivity index (χ1) is 17.5. The summed E-state index contributed by atoms with van der Waals surface area (Å²) < 4.78 is 12.4. The molecule has 10 heteroatoms. The van der Waals surface area contributed by atoms with E-state index < -0.39 is 0 Å². The van der Waals surface area contributed by atoms with Gasteiger partial charge in [-0.3, -0.25) is 10.2 Å².